The Balaban J connectivity index is 1.50. The van der Waals surface area contributed by atoms with E-state index in [1.54, 1.807) is 17.0 Å². The third kappa shape index (κ3) is 2.62. The minimum absolute atomic E-state index is 0.0870. The van der Waals surface area contributed by atoms with Gasteiger partial charge in [-0.25, -0.2) is 4.39 Å². The summed E-state index contributed by atoms with van der Waals surface area (Å²) in [4.78, 5) is 14.6. The number of rotatable bonds is 5. The van der Waals surface area contributed by atoms with Crippen molar-refractivity contribution in [2.45, 2.75) is 25.8 Å². The molecule has 3 saturated carbocycles. The van der Waals surface area contributed by atoms with Crippen LogP contribution in [0, 0.1) is 35.4 Å². The lowest BCUT2D eigenvalue weighted by Crippen LogP contribution is -2.36. The van der Waals surface area contributed by atoms with Crippen molar-refractivity contribution in [3.63, 3.8) is 0 Å². The molecule has 0 heterocycles. The first kappa shape index (κ1) is 15.6. The normalized spacial score (nSPS) is 33.6. The fraction of sp³-hybridized carbons (Fsp3) is 0.611. The van der Waals surface area contributed by atoms with E-state index in [9.17, 15) is 14.3 Å². The number of carbonyl (C=O) groups excluding carboxylic acids is 1. The van der Waals surface area contributed by atoms with Crippen LogP contribution in [0.3, 0.4) is 0 Å². The average Bonchev–Trinajstić information content (AvgIpc) is 2.96. The van der Waals surface area contributed by atoms with Crippen molar-refractivity contribution in [2.75, 3.05) is 13.2 Å². The second kappa shape index (κ2) is 5.85. The summed E-state index contributed by atoms with van der Waals surface area (Å²) in [7, 11) is 0. The summed E-state index contributed by atoms with van der Waals surface area (Å²) in [5.41, 5.74) is 0.495. The molecular weight excluding hydrogens is 361 g/mol. The molecule has 1 aromatic rings. The topological polar surface area (TPSA) is 40.5 Å². The smallest absolute Gasteiger partial charge is 0.226 e. The molecule has 0 saturated heterocycles. The molecule has 3 nitrogen and oxygen atoms in total. The van der Waals surface area contributed by atoms with E-state index < -0.39 is 0 Å². The average molecular weight is 382 g/mol. The third-order valence-electron chi connectivity index (χ3n) is 6.07. The van der Waals surface area contributed by atoms with Gasteiger partial charge in [0.2, 0.25) is 5.91 Å². The Hall–Kier alpha value is -0.940. The molecule has 3 aliphatic carbocycles. The first-order valence-corrected chi connectivity index (χ1v) is 9.23. The first-order chi connectivity index (χ1) is 11.1. The van der Waals surface area contributed by atoms with Crippen molar-refractivity contribution in [1.82, 2.24) is 4.90 Å². The molecule has 0 aromatic heterocycles. The van der Waals surface area contributed by atoms with Gasteiger partial charge in [-0.05, 0) is 61.1 Å². The van der Waals surface area contributed by atoms with Crippen molar-refractivity contribution in [3.8, 4) is 0 Å². The van der Waals surface area contributed by atoms with Crippen LogP contribution >= 0.6 is 15.9 Å². The molecule has 5 heteroatoms. The minimum atomic E-state index is -0.306. The van der Waals surface area contributed by atoms with E-state index in [4.69, 9.17) is 0 Å². The Morgan fingerprint density at radius 1 is 1.30 bits per heavy atom. The number of nitrogens with zero attached hydrogens (tertiary/aromatic N) is 1. The second-order valence-electron chi connectivity index (χ2n) is 7.23. The summed E-state index contributed by atoms with van der Waals surface area (Å²) in [6, 6.07) is 4.78. The number of benzene rings is 1. The first-order valence-electron chi connectivity index (χ1n) is 8.43. The fourth-order valence-corrected chi connectivity index (χ4v) is 5.53. The van der Waals surface area contributed by atoms with Crippen LogP contribution in [0.1, 0.15) is 24.8 Å². The van der Waals surface area contributed by atoms with E-state index in [2.05, 4.69) is 15.9 Å². The van der Waals surface area contributed by atoms with Crippen LogP contribution in [0.5, 0.6) is 0 Å². The molecular formula is C18H21BrFNO2. The number of hydrogen-bond acceptors (Lipinski definition) is 2. The standard InChI is InChI=1S/C18H21BrFNO2/c19-13-3-4-14(20)12(8-13)9-21(5-6-22)18(23)17-15-10-1-2-11(7-10)16(15)17/h3-4,8,10-11,15-17,22H,1-2,5-7,9H2/t10-,11-,15+,16+/m0/s1. The number of aliphatic hydroxyl groups excluding tert-OH is 1. The number of amides is 1. The molecule has 0 radical (unpaired) electrons. The van der Waals surface area contributed by atoms with E-state index in [-0.39, 0.29) is 37.3 Å². The van der Waals surface area contributed by atoms with Crippen LogP contribution < -0.4 is 0 Å². The van der Waals surface area contributed by atoms with Crippen molar-refractivity contribution < 1.29 is 14.3 Å². The monoisotopic (exact) mass is 381 g/mol. The maximum atomic E-state index is 14.0. The highest BCUT2D eigenvalue weighted by atomic mass is 79.9. The number of aliphatic hydroxyl groups is 1. The molecule has 1 N–H and O–H groups in total. The number of fused-ring (bicyclic) bond motifs is 5. The van der Waals surface area contributed by atoms with E-state index in [0.717, 1.165) is 16.3 Å². The number of carbonyl (C=O) groups is 1. The molecule has 0 spiro atoms. The largest absolute Gasteiger partial charge is 0.395 e. The summed E-state index contributed by atoms with van der Waals surface area (Å²) in [6.45, 7) is 0.419. The number of halogens is 2. The van der Waals surface area contributed by atoms with E-state index in [1.165, 1.54) is 25.3 Å². The highest BCUT2D eigenvalue weighted by molar-refractivity contribution is 9.10. The zero-order valence-corrected chi connectivity index (χ0v) is 14.5. The van der Waals surface area contributed by atoms with Gasteiger partial charge in [-0.15, -0.1) is 0 Å². The molecule has 2 bridgehead atoms. The van der Waals surface area contributed by atoms with Gasteiger partial charge in [0, 0.05) is 29.0 Å². The van der Waals surface area contributed by atoms with Crippen LogP contribution in [0.4, 0.5) is 4.39 Å². The van der Waals surface area contributed by atoms with E-state index in [1.807, 2.05) is 0 Å². The summed E-state index contributed by atoms with van der Waals surface area (Å²) in [5, 5.41) is 9.31. The van der Waals surface area contributed by atoms with Crippen molar-refractivity contribution in [2.24, 2.45) is 29.6 Å². The van der Waals surface area contributed by atoms with Gasteiger partial charge in [0.05, 0.1) is 6.61 Å². The summed E-state index contributed by atoms with van der Waals surface area (Å²) < 4.78 is 14.8. The zero-order valence-electron chi connectivity index (χ0n) is 12.9. The van der Waals surface area contributed by atoms with Gasteiger partial charge < -0.3 is 10.0 Å². The van der Waals surface area contributed by atoms with Crippen molar-refractivity contribution in [1.29, 1.82) is 0 Å². The van der Waals surface area contributed by atoms with Gasteiger partial charge in [-0.2, -0.15) is 0 Å². The maximum Gasteiger partial charge on any atom is 0.226 e. The molecule has 124 valence electrons. The molecule has 1 aromatic carbocycles. The predicted octanol–water partition coefficient (Wildman–Crippen LogP) is 3.20. The number of hydrogen-bond donors (Lipinski definition) is 1. The van der Waals surface area contributed by atoms with Gasteiger partial charge in [0.25, 0.3) is 0 Å². The lowest BCUT2D eigenvalue weighted by Gasteiger charge is -2.24. The van der Waals surface area contributed by atoms with Gasteiger partial charge >= 0.3 is 0 Å². The van der Waals surface area contributed by atoms with Crippen molar-refractivity contribution >= 4 is 21.8 Å². The minimum Gasteiger partial charge on any atom is -0.395 e. The Morgan fingerprint density at radius 3 is 2.65 bits per heavy atom. The molecule has 3 aliphatic rings. The maximum absolute atomic E-state index is 14.0. The summed E-state index contributed by atoms with van der Waals surface area (Å²) in [6.07, 6.45) is 3.85. The Morgan fingerprint density at radius 2 is 2.00 bits per heavy atom. The van der Waals surface area contributed by atoms with Crippen LogP contribution in [-0.4, -0.2) is 29.1 Å². The van der Waals surface area contributed by atoms with Crippen molar-refractivity contribution in [3.05, 3.63) is 34.1 Å². The molecule has 0 aliphatic heterocycles. The fourth-order valence-electron chi connectivity index (χ4n) is 5.12. The lowest BCUT2D eigenvalue weighted by molar-refractivity contribution is -0.134. The molecule has 23 heavy (non-hydrogen) atoms. The second-order valence-corrected chi connectivity index (χ2v) is 8.15. The van der Waals surface area contributed by atoms with E-state index >= 15 is 0 Å². The zero-order chi connectivity index (χ0) is 16.1. The molecule has 0 unspecified atom stereocenters. The lowest BCUT2D eigenvalue weighted by atomic mass is 10.0. The van der Waals surface area contributed by atoms with Gasteiger partial charge in [0.15, 0.2) is 0 Å². The van der Waals surface area contributed by atoms with Crippen LogP contribution in [-0.2, 0) is 11.3 Å². The highest BCUT2D eigenvalue weighted by Gasteiger charge is 2.67. The van der Waals surface area contributed by atoms with Gasteiger partial charge in [-0.1, -0.05) is 15.9 Å². The Labute approximate surface area is 144 Å². The van der Waals surface area contributed by atoms with Gasteiger partial charge in [0.1, 0.15) is 5.82 Å². The predicted molar refractivity (Wildman–Crippen MR) is 87.9 cm³/mol. The van der Waals surface area contributed by atoms with Crippen LogP contribution in [0.25, 0.3) is 0 Å². The molecule has 4 atom stereocenters. The van der Waals surface area contributed by atoms with Gasteiger partial charge in [-0.3, -0.25) is 4.79 Å². The molecule has 1 amide bonds. The third-order valence-corrected chi connectivity index (χ3v) is 6.56. The highest BCUT2D eigenvalue weighted by Crippen LogP contribution is 2.69. The van der Waals surface area contributed by atoms with Crippen LogP contribution in [0.15, 0.2) is 22.7 Å². The summed E-state index contributed by atoms with van der Waals surface area (Å²) in [5.74, 6) is 2.53. The SMILES string of the molecule is O=C(C1[C@@H]2[C@H]3CC[C@@H](C3)[C@@H]12)N(CCO)Cc1cc(Br)ccc1F. The quantitative estimate of drug-likeness (QED) is 0.850. The molecule has 4 rings (SSSR count). The van der Waals surface area contributed by atoms with E-state index in [0.29, 0.717) is 17.4 Å². The summed E-state index contributed by atoms with van der Waals surface area (Å²) >= 11 is 3.35. The van der Waals surface area contributed by atoms with Crippen LogP contribution in [0.2, 0.25) is 0 Å². The molecule has 3 fully saturated rings. The Bertz CT molecular complexity index is 621. The Kier molecular flexibility index (Phi) is 3.96.